The van der Waals surface area contributed by atoms with Crippen LogP contribution in [0.2, 0.25) is 0 Å². The number of allylic oxidation sites excluding steroid dienone is 4. The van der Waals surface area contributed by atoms with Gasteiger partial charge in [-0.25, -0.2) is 9.97 Å². The van der Waals surface area contributed by atoms with Crippen molar-refractivity contribution in [1.29, 1.82) is 0 Å². The average molecular weight is 553 g/mol. The van der Waals surface area contributed by atoms with E-state index in [0.717, 1.165) is 76.1 Å². The maximum absolute atomic E-state index is 9.48. The first-order chi connectivity index (χ1) is 19.8. The molecule has 0 radical (unpaired) electrons. The van der Waals surface area contributed by atoms with Crippen molar-refractivity contribution in [2.75, 3.05) is 13.2 Å². The van der Waals surface area contributed by atoms with Crippen molar-refractivity contribution < 1.29 is 9.84 Å². The van der Waals surface area contributed by atoms with Crippen molar-refractivity contribution in [2.45, 2.75) is 87.7 Å². The summed E-state index contributed by atoms with van der Waals surface area (Å²) in [7, 11) is 0. The third-order valence-electron chi connectivity index (χ3n) is 8.93. The van der Waals surface area contributed by atoms with Crippen LogP contribution in [0.15, 0.2) is 18.2 Å². The van der Waals surface area contributed by atoms with Crippen LogP contribution in [0, 0.1) is 13.8 Å². The van der Waals surface area contributed by atoms with Crippen LogP contribution in [-0.4, -0.2) is 38.3 Å². The normalized spacial score (nSPS) is 13.6. The summed E-state index contributed by atoms with van der Waals surface area (Å²) in [6.45, 7) is 18.2. The van der Waals surface area contributed by atoms with Gasteiger partial charge in [-0.15, -0.1) is 0 Å². The summed E-state index contributed by atoms with van der Waals surface area (Å²) in [6, 6.07) is 6.70. The quantitative estimate of drug-likeness (QED) is 0.246. The van der Waals surface area contributed by atoms with Crippen molar-refractivity contribution in [3.05, 3.63) is 68.8 Å². The zero-order valence-corrected chi connectivity index (χ0v) is 25.9. The monoisotopic (exact) mass is 552 g/mol. The number of fused-ring (bicyclic) bond motifs is 8. The fourth-order valence-electron chi connectivity index (χ4n) is 6.60. The highest BCUT2D eigenvalue weighted by Crippen LogP contribution is 2.40. The molecule has 0 spiro atoms. The van der Waals surface area contributed by atoms with Crippen molar-refractivity contribution in [3.63, 3.8) is 0 Å². The van der Waals surface area contributed by atoms with E-state index < -0.39 is 0 Å². The Hall–Kier alpha value is -3.48. The van der Waals surface area contributed by atoms with Crippen molar-refractivity contribution in [3.8, 4) is 0 Å². The zero-order chi connectivity index (χ0) is 29.4. The molecule has 0 saturated carbocycles. The molecule has 0 atom stereocenters. The number of nitrogens with zero attached hydrogens (tertiary/aromatic N) is 2. The molecule has 3 aromatic heterocycles. The molecule has 0 fully saturated rings. The summed E-state index contributed by atoms with van der Waals surface area (Å²) < 4.78 is 5.97. The Kier molecular flexibility index (Phi) is 8.35. The first-order valence-corrected chi connectivity index (χ1v) is 15.1. The molecule has 2 aliphatic heterocycles. The highest BCUT2D eigenvalue weighted by atomic mass is 16.5. The largest absolute Gasteiger partial charge is 0.394 e. The summed E-state index contributed by atoms with van der Waals surface area (Å²) >= 11 is 0. The number of aliphatic hydroxyl groups excluding tert-OH is 1. The lowest BCUT2D eigenvalue weighted by Crippen LogP contribution is -2.04. The Labute approximate surface area is 243 Å². The molecule has 0 aliphatic carbocycles. The van der Waals surface area contributed by atoms with E-state index in [1.165, 1.54) is 44.5 Å². The fourth-order valence-corrected chi connectivity index (χ4v) is 6.60. The molecular weight excluding hydrogens is 508 g/mol. The second-order valence-corrected chi connectivity index (χ2v) is 11.1. The zero-order valence-electron chi connectivity index (χ0n) is 25.9. The number of nitrogens with one attached hydrogen (secondary N) is 2. The molecule has 5 rings (SSSR count). The predicted octanol–water partition coefficient (Wildman–Crippen LogP) is 8.25. The summed E-state index contributed by atoms with van der Waals surface area (Å²) in [5.41, 5.74) is 19.3. The van der Waals surface area contributed by atoms with E-state index in [-0.39, 0.29) is 13.2 Å². The highest BCUT2D eigenvalue weighted by Gasteiger charge is 2.25. The molecule has 8 bridgehead atoms. The van der Waals surface area contributed by atoms with Gasteiger partial charge in [0.15, 0.2) is 0 Å². The van der Waals surface area contributed by atoms with Gasteiger partial charge in [0, 0.05) is 27.6 Å². The standard InChI is InChI=1S/C35H44N4O2/c1-9-23-20(6)29-16-33-25(11-3)22(8)34(39-33)27(18-41-14-13-40)35-26(12-4)21(7)30(38-35)17-32-24(10-2)19(5)28(36-32)15-31(23)37-29/h15-17,36-37,40H,9-14,18H2,1-8H3. The van der Waals surface area contributed by atoms with Gasteiger partial charge in [-0.05, 0) is 116 Å². The van der Waals surface area contributed by atoms with Gasteiger partial charge in [0.25, 0.3) is 0 Å². The topological polar surface area (TPSA) is 86.8 Å². The second-order valence-electron chi connectivity index (χ2n) is 11.1. The number of aliphatic hydroxyl groups is 1. The molecule has 0 saturated heterocycles. The van der Waals surface area contributed by atoms with Crippen LogP contribution in [0.3, 0.4) is 0 Å². The molecule has 41 heavy (non-hydrogen) atoms. The molecule has 0 aromatic carbocycles. The van der Waals surface area contributed by atoms with Gasteiger partial charge in [-0.1, -0.05) is 27.7 Å². The van der Waals surface area contributed by atoms with Crippen LogP contribution in [-0.2, 0) is 24.2 Å². The molecule has 0 unspecified atom stereocenters. The van der Waals surface area contributed by atoms with Crippen molar-refractivity contribution in [1.82, 2.24) is 19.9 Å². The van der Waals surface area contributed by atoms with Crippen LogP contribution >= 0.6 is 0 Å². The number of hydrogen-bond acceptors (Lipinski definition) is 4. The molecule has 3 aromatic rings. The number of ether oxygens (including phenoxy) is 1. The second kappa shape index (κ2) is 11.8. The fraction of sp³-hybridized carbons (Fsp3) is 0.429. The Morgan fingerprint density at radius 2 is 1.20 bits per heavy atom. The Balaban J connectivity index is 2.01. The molecule has 3 N–H and O–H groups in total. The minimum Gasteiger partial charge on any atom is -0.394 e. The van der Waals surface area contributed by atoms with E-state index in [0.29, 0.717) is 6.61 Å². The first kappa shape index (κ1) is 29.0. The minimum atomic E-state index is -0.0212. The van der Waals surface area contributed by atoms with Crippen LogP contribution in [0.4, 0.5) is 0 Å². The maximum atomic E-state index is 9.48. The lowest BCUT2D eigenvalue weighted by atomic mass is 9.97. The number of aromatic nitrogens is 4. The van der Waals surface area contributed by atoms with E-state index in [9.17, 15) is 5.11 Å². The Morgan fingerprint density at radius 1 is 0.634 bits per heavy atom. The summed E-state index contributed by atoms with van der Waals surface area (Å²) in [4.78, 5) is 18.0. The Bertz CT molecular complexity index is 1730. The third-order valence-corrected chi connectivity index (χ3v) is 8.93. The van der Waals surface area contributed by atoms with E-state index >= 15 is 0 Å². The van der Waals surface area contributed by atoms with E-state index in [1.807, 2.05) is 0 Å². The Morgan fingerprint density at radius 3 is 1.78 bits per heavy atom. The van der Waals surface area contributed by atoms with Crippen LogP contribution < -0.4 is 0 Å². The SMILES string of the molecule is CCC1=C(C)c2nc1cc1[nH]c(cc3[nH]c(cc4nc(c2COCCO)C(CC)=C4C)c(CC)c3C)c(CC)c1C. The highest BCUT2D eigenvalue weighted by molar-refractivity contribution is 5.97. The average Bonchev–Trinajstić information content (AvgIpc) is 3.63. The van der Waals surface area contributed by atoms with Gasteiger partial charge in [-0.3, -0.25) is 0 Å². The number of aryl methyl sites for hydroxylation is 4. The van der Waals surface area contributed by atoms with Gasteiger partial charge in [0.1, 0.15) is 0 Å². The number of hydrogen-bond donors (Lipinski definition) is 3. The first-order valence-electron chi connectivity index (χ1n) is 15.1. The lowest BCUT2D eigenvalue weighted by molar-refractivity contribution is 0.0811. The number of H-pyrrole nitrogens is 2. The van der Waals surface area contributed by atoms with Crippen LogP contribution in [0.5, 0.6) is 0 Å². The van der Waals surface area contributed by atoms with Crippen LogP contribution in [0.25, 0.3) is 44.4 Å². The molecule has 6 heteroatoms. The van der Waals surface area contributed by atoms with E-state index in [4.69, 9.17) is 14.7 Å². The molecular formula is C35H44N4O2. The van der Waals surface area contributed by atoms with Crippen LogP contribution in [0.1, 0.15) is 105 Å². The molecule has 2 aliphatic rings. The van der Waals surface area contributed by atoms with E-state index in [1.54, 1.807) is 0 Å². The van der Waals surface area contributed by atoms with Crippen molar-refractivity contribution >= 4 is 44.4 Å². The van der Waals surface area contributed by atoms with Crippen molar-refractivity contribution in [2.24, 2.45) is 0 Å². The third kappa shape index (κ3) is 4.98. The molecule has 216 valence electrons. The maximum Gasteiger partial charge on any atom is 0.0760 e. The summed E-state index contributed by atoms with van der Waals surface area (Å²) in [5, 5.41) is 9.48. The van der Waals surface area contributed by atoms with E-state index in [2.05, 4.69) is 83.6 Å². The van der Waals surface area contributed by atoms with Gasteiger partial charge in [-0.2, -0.15) is 0 Å². The van der Waals surface area contributed by atoms with Gasteiger partial charge >= 0.3 is 0 Å². The molecule has 5 heterocycles. The predicted molar refractivity (Wildman–Crippen MR) is 172 cm³/mol. The molecule has 0 amide bonds. The lowest BCUT2D eigenvalue weighted by Gasteiger charge is -2.11. The number of rotatable bonds is 8. The smallest absolute Gasteiger partial charge is 0.0760 e. The summed E-state index contributed by atoms with van der Waals surface area (Å²) in [5.74, 6) is 0. The summed E-state index contributed by atoms with van der Waals surface area (Å²) in [6.07, 6.45) is 3.62. The minimum absolute atomic E-state index is 0.0212. The van der Waals surface area contributed by atoms with Gasteiger partial charge in [0.05, 0.1) is 42.6 Å². The number of aromatic amines is 2. The molecule has 6 nitrogen and oxygen atoms in total. The van der Waals surface area contributed by atoms with Gasteiger partial charge in [0.2, 0.25) is 0 Å². The van der Waals surface area contributed by atoms with Gasteiger partial charge < -0.3 is 19.8 Å².